The van der Waals surface area contributed by atoms with Crippen LogP contribution in [0, 0.1) is 5.92 Å². The summed E-state index contributed by atoms with van der Waals surface area (Å²) in [5, 5.41) is 0. The molecule has 2 heteroatoms. The molecular formula is C10H16O2. The van der Waals surface area contributed by atoms with E-state index in [1.54, 1.807) is 0 Å². The van der Waals surface area contributed by atoms with Crippen molar-refractivity contribution >= 4 is 5.97 Å². The van der Waals surface area contributed by atoms with Crippen molar-refractivity contribution in [1.82, 2.24) is 0 Å². The minimum Gasteiger partial charge on any atom is -0.466 e. The minimum atomic E-state index is -0.149. The summed E-state index contributed by atoms with van der Waals surface area (Å²) in [5.74, 6) is 0.312. The first-order valence-corrected chi connectivity index (χ1v) is 4.54. The molecule has 68 valence electrons. The normalized spacial score (nSPS) is 19.7. The van der Waals surface area contributed by atoms with Crippen molar-refractivity contribution in [2.75, 3.05) is 7.11 Å². The molecule has 0 N–H and O–H groups in total. The summed E-state index contributed by atoms with van der Waals surface area (Å²) in [5.41, 5.74) is 0.870. The summed E-state index contributed by atoms with van der Waals surface area (Å²) in [6, 6.07) is 0. The summed E-state index contributed by atoms with van der Waals surface area (Å²) in [4.78, 5) is 11.2. The molecule has 0 aliphatic heterocycles. The second-order valence-corrected chi connectivity index (χ2v) is 3.22. The number of hydrogen-bond acceptors (Lipinski definition) is 2. The molecule has 0 unspecified atom stereocenters. The van der Waals surface area contributed by atoms with Crippen LogP contribution in [0.4, 0.5) is 0 Å². The SMILES string of the molecule is C/C=C(/C(=O)OC)C1CCCC1. The van der Waals surface area contributed by atoms with E-state index >= 15 is 0 Å². The molecule has 2 nitrogen and oxygen atoms in total. The summed E-state index contributed by atoms with van der Waals surface area (Å²) in [6.45, 7) is 1.91. The van der Waals surface area contributed by atoms with Gasteiger partial charge in [-0.2, -0.15) is 0 Å². The van der Waals surface area contributed by atoms with E-state index in [1.165, 1.54) is 20.0 Å². The van der Waals surface area contributed by atoms with Gasteiger partial charge in [0.05, 0.1) is 7.11 Å². The largest absolute Gasteiger partial charge is 0.466 e. The van der Waals surface area contributed by atoms with Crippen molar-refractivity contribution in [2.45, 2.75) is 32.6 Å². The highest BCUT2D eigenvalue weighted by Gasteiger charge is 2.23. The second-order valence-electron chi connectivity index (χ2n) is 3.22. The molecule has 1 aliphatic rings. The zero-order valence-corrected chi connectivity index (χ0v) is 7.80. The summed E-state index contributed by atoms with van der Waals surface area (Å²) in [7, 11) is 1.45. The molecule has 0 bridgehead atoms. The maximum atomic E-state index is 11.2. The van der Waals surface area contributed by atoms with Gasteiger partial charge in [-0.25, -0.2) is 4.79 Å². The molecule has 1 rings (SSSR count). The van der Waals surface area contributed by atoms with E-state index in [9.17, 15) is 4.79 Å². The highest BCUT2D eigenvalue weighted by Crippen LogP contribution is 2.31. The Labute approximate surface area is 73.6 Å². The third-order valence-electron chi connectivity index (χ3n) is 2.53. The Morgan fingerprint density at radius 1 is 1.42 bits per heavy atom. The van der Waals surface area contributed by atoms with Gasteiger partial charge in [0.25, 0.3) is 0 Å². The molecule has 0 aromatic heterocycles. The monoisotopic (exact) mass is 168 g/mol. The number of carbonyl (C=O) groups excluding carboxylic acids is 1. The van der Waals surface area contributed by atoms with E-state index in [4.69, 9.17) is 4.74 Å². The van der Waals surface area contributed by atoms with Gasteiger partial charge in [-0.15, -0.1) is 0 Å². The molecule has 0 atom stereocenters. The van der Waals surface area contributed by atoms with Gasteiger partial charge in [0.2, 0.25) is 0 Å². The number of methoxy groups -OCH3 is 1. The van der Waals surface area contributed by atoms with Crippen LogP contribution in [0.1, 0.15) is 32.6 Å². The van der Waals surface area contributed by atoms with Gasteiger partial charge >= 0.3 is 5.97 Å². The van der Waals surface area contributed by atoms with Crippen molar-refractivity contribution in [1.29, 1.82) is 0 Å². The lowest BCUT2D eigenvalue weighted by Gasteiger charge is -2.10. The standard InChI is InChI=1S/C10H16O2/c1-3-9(10(11)12-2)8-6-4-5-7-8/h3,8H,4-7H2,1-2H3/b9-3+. The van der Waals surface area contributed by atoms with Gasteiger partial charge in [-0.1, -0.05) is 18.9 Å². The highest BCUT2D eigenvalue weighted by molar-refractivity contribution is 5.88. The highest BCUT2D eigenvalue weighted by atomic mass is 16.5. The summed E-state index contributed by atoms with van der Waals surface area (Å²) in [6.07, 6.45) is 6.68. The van der Waals surface area contributed by atoms with Crippen LogP contribution in [-0.2, 0) is 9.53 Å². The summed E-state index contributed by atoms with van der Waals surface area (Å²) >= 11 is 0. The Morgan fingerprint density at radius 2 is 2.00 bits per heavy atom. The number of carbonyl (C=O) groups is 1. The van der Waals surface area contributed by atoms with Crippen LogP contribution in [-0.4, -0.2) is 13.1 Å². The molecule has 1 aliphatic carbocycles. The van der Waals surface area contributed by atoms with Gasteiger partial charge in [0.15, 0.2) is 0 Å². The Morgan fingerprint density at radius 3 is 2.42 bits per heavy atom. The number of esters is 1. The number of hydrogen-bond donors (Lipinski definition) is 0. The van der Waals surface area contributed by atoms with Gasteiger partial charge in [-0.05, 0) is 25.7 Å². The lowest BCUT2D eigenvalue weighted by Crippen LogP contribution is -2.11. The Kier molecular flexibility index (Phi) is 3.32. The molecule has 0 amide bonds. The molecule has 0 aromatic carbocycles. The van der Waals surface area contributed by atoms with E-state index in [2.05, 4.69) is 0 Å². The van der Waals surface area contributed by atoms with Crippen LogP contribution in [0.15, 0.2) is 11.6 Å². The topological polar surface area (TPSA) is 26.3 Å². The first-order valence-electron chi connectivity index (χ1n) is 4.54. The van der Waals surface area contributed by atoms with Crippen LogP contribution in [0.2, 0.25) is 0 Å². The number of allylic oxidation sites excluding steroid dienone is 1. The fourth-order valence-electron chi connectivity index (χ4n) is 1.87. The number of rotatable bonds is 2. The van der Waals surface area contributed by atoms with Gasteiger partial charge < -0.3 is 4.74 Å². The van der Waals surface area contributed by atoms with Gasteiger partial charge in [0, 0.05) is 5.57 Å². The van der Waals surface area contributed by atoms with Crippen molar-refractivity contribution in [2.24, 2.45) is 5.92 Å². The predicted octanol–water partition coefficient (Wildman–Crippen LogP) is 2.30. The van der Waals surface area contributed by atoms with Crippen molar-refractivity contribution in [3.8, 4) is 0 Å². The van der Waals surface area contributed by atoms with E-state index in [-0.39, 0.29) is 5.97 Å². The van der Waals surface area contributed by atoms with E-state index in [0.717, 1.165) is 18.4 Å². The molecule has 0 spiro atoms. The van der Waals surface area contributed by atoms with E-state index in [0.29, 0.717) is 5.92 Å². The fraction of sp³-hybridized carbons (Fsp3) is 0.700. The second kappa shape index (κ2) is 4.29. The molecular weight excluding hydrogens is 152 g/mol. The van der Waals surface area contributed by atoms with Crippen molar-refractivity contribution in [3.63, 3.8) is 0 Å². The van der Waals surface area contributed by atoms with Gasteiger partial charge in [0.1, 0.15) is 0 Å². The smallest absolute Gasteiger partial charge is 0.333 e. The average Bonchev–Trinajstić information content (AvgIpc) is 2.58. The first kappa shape index (κ1) is 9.30. The fourth-order valence-corrected chi connectivity index (χ4v) is 1.87. The zero-order chi connectivity index (χ0) is 8.97. The first-order chi connectivity index (χ1) is 5.79. The molecule has 1 saturated carbocycles. The number of ether oxygens (including phenoxy) is 1. The maximum Gasteiger partial charge on any atom is 0.333 e. The van der Waals surface area contributed by atoms with Crippen LogP contribution in [0.3, 0.4) is 0 Å². The van der Waals surface area contributed by atoms with Crippen LogP contribution in [0.25, 0.3) is 0 Å². The van der Waals surface area contributed by atoms with Crippen LogP contribution < -0.4 is 0 Å². The summed E-state index contributed by atoms with van der Waals surface area (Å²) < 4.78 is 4.71. The molecule has 0 heterocycles. The Hall–Kier alpha value is -0.790. The zero-order valence-electron chi connectivity index (χ0n) is 7.80. The third kappa shape index (κ3) is 1.87. The van der Waals surface area contributed by atoms with Gasteiger partial charge in [-0.3, -0.25) is 0 Å². The molecule has 1 fully saturated rings. The lowest BCUT2D eigenvalue weighted by atomic mass is 9.97. The minimum absolute atomic E-state index is 0.149. The van der Waals surface area contributed by atoms with Crippen LogP contribution in [0.5, 0.6) is 0 Å². The Balaban J connectivity index is 2.61. The maximum absolute atomic E-state index is 11.2. The molecule has 0 radical (unpaired) electrons. The Bertz CT molecular complexity index is 188. The van der Waals surface area contributed by atoms with Crippen LogP contribution >= 0.6 is 0 Å². The van der Waals surface area contributed by atoms with Crippen molar-refractivity contribution in [3.05, 3.63) is 11.6 Å². The third-order valence-corrected chi connectivity index (χ3v) is 2.53. The lowest BCUT2D eigenvalue weighted by molar-refractivity contribution is -0.136. The predicted molar refractivity (Wildman–Crippen MR) is 47.7 cm³/mol. The van der Waals surface area contributed by atoms with E-state index in [1.807, 2.05) is 13.0 Å². The molecule has 0 saturated heterocycles. The molecule has 12 heavy (non-hydrogen) atoms. The van der Waals surface area contributed by atoms with Crippen molar-refractivity contribution < 1.29 is 9.53 Å². The quantitative estimate of drug-likeness (QED) is 0.467. The average molecular weight is 168 g/mol. The molecule has 0 aromatic rings. The van der Waals surface area contributed by atoms with E-state index < -0.39 is 0 Å².